The Labute approximate surface area is 179 Å². The number of rotatable bonds is 2. The van der Waals surface area contributed by atoms with E-state index in [9.17, 15) is 8.78 Å². The lowest BCUT2D eigenvalue weighted by molar-refractivity contribution is 0.133. The molecule has 0 radical (unpaired) electrons. The third-order valence-electron chi connectivity index (χ3n) is 7.04. The molecule has 2 fully saturated rings. The maximum Gasteiger partial charge on any atom is 0.139 e. The van der Waals surface area contributed by atoms with Crippen LogP contribution in [-0.4, -0.2) is 0 Å². The number of fused-ring (bicyclic) bond motifs is 1. The molecule has 2 aliphatic carbocycles. The highest BCUT2D eigenvalue weighted by atomic mass is 19.1. The normalized spacial score (nSPS) is 26.1. The molecule has 2 heteroatoms. The van der Waals surface area contributed by atoms with E-state index in [0.717, 1.165) is 35.3 Å². The minimum atomic E-state index is -0.361. The van der Waals surface area contributed by atoms with Crippen LogP contribution in [0.25, 0.3) is 0 Å². The SMILES string of the molecule is C/C=C/C1CCC2CC(c3ccc(C#Cc4ccc(C)cc4F)c(F)c3)CCC2C1. The zero-order valence-electron chi connectivity index (χ0n) is 17.9. The van der Waals surface area contributed by atoms with Crippen molar-refractivity contribution >= 4 is 0 Å². The van der Waals surface area contributed by atoms with Gasteiger partial charge in [0.05, 0.1) is 11.1 Å². The Hall–Kier alpha value is -2.40. The zero-order chi connectivity index (χ0) is 21.1. The first kappa shape index (κ1) is 20.9. The van der Waals surface area contributed by atoms with E-state index in [0.29, 0.717) is 17.0 Å². The van der Waals surface area contributed by atoms with Crippen LogP contribution in [0.3, 0.4) is 0 Å². The first-order valence-electron chi connectivity index (χ1n) is 11.2. The highest BCUT2D eigenvalue weighted by Gasteiger charge is 2.35. The van der Waals surface area contributed by atoms with Crippen LogP contribution in [0.4, 0.5) is 8.78 Å². The average Bonchev–Trinajstić information content (AvgIpc) is 2.74. The second kappa shape index (κ2) is 9.17. The van der Waals surface area contributed by atoms with Gasteiger partial charge in [0, 0.05) is 0 Å². The fourth-order valence-corrected chi connectivity index (χ4v) is 5.42. The Morgan fingerprint density at radius 1 is 0.833 bits per heavy atom. The summed E-state index contributed by atoms with van der Waals surface area (Å²) >= 11 is 0. The lowest BCUT2D eigenvalue weighted by atomic mass is 9.64. The Kier molecular flexibility index (Phi) is 6.38. The summed E-state index contributed by atoms with van der Waals surface area (Å²) in [5.41, 5.74) is 2.57. The summed E-state index contributed by atoms with van der Waals surface area (Å²) in [5.74, 6) is 7.72. The third-order valence-corrected chi connectivity index (χ3v) is 7.04. The van der Waals surface area contributed by atoms with Crippen LogP contribution in [0.2, 0.25) is 0 Å². The fourth-order valence-electron chi connectivity index (χ4n) is 5.42. The Morgan fingerprint density at radius 3 is 2.20 bits per heavy atom. The molecule has 0 aliphatic heterocycles. The minimum Gasteiger partial charge on any atom is -0.206 e. The molecule has 156 valence electrons. The van der Waals surface area contributed by atoms with Crippen LogP contribution in [0.1, 0.15) is 73.6 Å². The molecule has 2 aromatic carbocycles. The van der Waals surface area contributed by atoms with Crippen LogP contribution in [0.15, 0.2) is 48.6 Å². The van der Waals surface area contributed by atoms with Gasteiger partial charge < -0.3 is 0 Å². The van der Waals surface area contributed by atoms with Crippen molar-refractivity contribution in [1.29, 1.82) is 0 Å². The van der Waals surface area contributed by atoms with Gasteiger partial charge in [-0.3, -0.25) is 0 Å². The summed E-state index contributed by atoms with van der Waals surface area (Å²) < 4.78 is 28.7. The molecule has 4 rings (SSSR count). The molecular weight excluding hydrogens is 374 g/mol. The maximum absolute atomic E-state index is 14.7. The van der Waals surface area contributed by atoms with Crippen LogP contribution < -0.4 is 0 Å². The largest absolute Gasteiger partial charge is 0.206 e. The maximum atomic E-state index is 14.7. The minimum absolute atomic E-state index is 0.300. The molecule has 4 unspecified atom stereocenters. The van der Waals surface area contributed by atoms with E-state index in [1.54, 1.807) is 18.2 Å². The molecule has 2 aromatic rings. The molecule has 0 spiro atoms. The number of aryl methyl sites for hydroxylation is 1. The number of halogens is 2. The first-order chi connectivity index (χ1) is 14.5. The lowest BCUT2D eigenvalue weighted by Crippen LogP contribution is -2.30. The summed E-state index contributed by atoms with van der Waals surface area (Å²) in [7, 11) is 0. The number of hydrogen-bond donors (Lipinski definition) is 0. The van der Waals surface area contributed by atoms with Gasteiger partial charge >= 0.3 is 0 Å². The van der Waals surface area contributed by atoms with Gasteiger partial charge in [-0.25, -0.2) is 8.78 Å². The van der Waals surface area contributed by atoms with Gasteiger partial charge in [-0.05, 0) is 111 Å². The Balaban J connectivity index is 1.45. The second-order valence-corrected chi connectivity index (χ2v) is 9.10. The van der Waals surface area contributed by atoms with Gasteiger partial charge in [0.15, 0.2) is 0 Å². The van der Waals surface area contributed by atoms with E-state index in [2.05, 4.69) is 30.9 Å². The van der Waals surface area contributed by atoms with E-state index in [1.165, 1.54) is 38.2 Å². The number of hydrogen-bond acceptors (Lipinski definition) is 0. The van der Waals surface area contributed by atoms with E-state index in [4.69, 9.17) is 0 Å². The quantitative estimate of drug-likeness (QED) is 0.358. The molecule has 2 saturated carbocycles. The van der Waals surface area contributed by atoms with Crippen molar-refractivity contribution in [3.8, 4) is 11.8 Å². The van der Waals surface area contributed by atoms with Crippen molar-refractivity contribution in [1.82, 2.24) is 0 Å². The van der Waals surface area contributed by atoms with E-state index >= 15 is 0 Å². The smallest absolute Gasteiger partial charge is 0.139 e. The van der Waals surface area contributed by atoms with Gasteiger partial charge in [0.25, 0.3) is 0 Å². The predicted molar refractivity (Wildman–Crippen MR) is 119 cm³/mol. The van der Waals surface area contributed by atoms with Crippen molar-refractivity contribution in [2.45, 2.75) is 58.3 Å². The van der Waals surface area contributed by atoms with Gasteiger partial charge in [0.1, 0.15) is 11.6 Å². The van der Waals surface area contributed by atoms with Crippen LogP contribution in [-0.2, 0) is 0 Å². The van der Waals surface area contributed by atoms with Crippen LogP contribution >= 0.6 is 0 Å². The molecule has 0 nitrogen and oxygen atoms in total. The van der Waals surface area contributed by atoms with Crippen molar-refractivity contribution in [3.05, 3.63) is 82.4 Å². The monoisotopic (exact) mass is 404 g/mol. The summed E-state index contributed by atoms with van der Waals surface area (Å²) in [6.45, 7) is 3.95. The van der Waals surface area contributed by atoms with Crippen molar-refractivity contribution in [2.75, 3.05) is 0 Å². The zero-order valence-corrected chi connectivity index (χ0v) is 17.9. The first-order valence-corrected chi connectivity index (χ1v) is 11.2. The van der Waals surface area contributed by atoms with Crippen molar-refractivity contribution < 1.29 is 8.78 Å². The predicted octanol–water partition coefficient (Wildman–Crippen LogP) is 7.55. The van der Waals surface area contributed by atoms with Crippen molar-refractivity contribution in [3.63, 3.8) is 0 Å². The van der Waals surface area contributed by atoms with E-state index in [1.807, 2.05) is 19.1 Å². The fraction of sp³-hybridized carbons (Fsp3) is 0.429. The lowest BCUT2D eigenvalue weighted by Gasteiger charge is -2.41. The highest BCUT2D eigenvalue weighted by Crippen LogP contribution is 2.47. The molecule has 0 saturated heterocycles. The Morgan fingerprint density at radius 2 is 1.50 bits per heavy atom. The van der Waals surface area contributed by atoms with Crippen LogP contribution in [0.5, 0.6) is 0 Å². The highest BCUT2D eigenvalue weighted by molar-refractivity contribution is 5.45. The van der Waals surface area contributed by atoms with E-state index in [-0.39, 0.29) is 11.6 Å². The molecule has 4 atom stereocenters. The summed E-state index contributed by atoms with van der Waals surface area (Å²) in [4.78, 5) is 0. The van der Waals surface area contributed by atoms with Crippen LogP contribution in [0, 0.1) is 48.2 Å². The molecule has 30 heavy (non-hydrogen) atoms. The average molecular weight is 405 g/mol. The van der Waals surface area contributed by atoms with Gasteiger partial charge in [-0.1, -0.05) is 36.1 Å². The number of benzene rings is 2. The summed E-state index contributed by atoms with van der Waals surface area (Å²) in [6.07, 6.45) is 12.0. The molecule has 2 aliphatic rings. The molecule has 0 bridgehead atoms. The van der Waals surface area contributed by atoms with Gasteiger partial charge in [0.2, 0.25) is 0 Å². The Bertz CT molecular complexity index is 991. The number of allylic oxidation sites excluding steroid dienone is 2. The van der Waals surface area contributed by atoms with Gasteiger partial charge in [-0.15, -0.1) is 0 Å². The molecule has 0 amide bonds. The second-order valence-electron chi connectivity index (χ2n) is 9.10. The summed E-state index contributed by atoms with van der Waals surface area (Å²) in [5, 5.41) is 0. The molecule has 0 N–H and O–H groups in total. The third kappa shape index (κ3) is 4.67. The molecule has 0 heterocycles. The molecular formula is C28H30F2. The van der Waals surface area contributed by atoms with Gasteiger partial charge in [-0.2, -0.15) is 0 Å². The molecule has 0 aromatic heterocycles. The van der Waals surface area contributed by atoms with E-state index < -0.39 is 0 Å². The topological polar surface area (TPSA) is 0 Å². The summed E-state index contributed by atoms with van der Waals surface area (Å²) in [6, 6.07) is 10.4. The standard InChI is InChI=1S/C28H30F2/c1-3-4-20-6-8-24-17-25(14-13-23(24)16-20)26-12-11-22(28(30)18-26)10-9-21-7-5-19(2)15-27(21)29/h3-5,7,11-12,15,18,20,23-25H,6,8,13-14,16-17H2,1-2H3/b4-3+. The van der Waals surface area contributed by atoms with Crippen molar-refractivity contribution in [2.24, 2.45) is 17.8 Å².